The van der Waals surface area contributed by atoms with Gasteiger partial charge in [0, 0.05) is 13.2 Å². The van der Waals surface area contributed by atoms with Gasteiger partial charge in [0.1, 0.15) is 0 Å². The number of nitrogens with one attached hydrogen (secondary N) is 1. The third-order valence-electron chi connectivity index (χ3n) is 1.80. The normalized spacial score (nSPS) is 16.0. The van der Waals surface area contributed by atoms with Gasteiger partial charge in [-0.15, -0.1) is 0 Å². The zero-order chi connectivity index (χ0) is 9.23. The molecule has 0 aromatic rings. The highest BCUT2D eigenvalue weighted by Gasteiger charge is 1.94. The highest BCUT2D eigenvalue weighted by atomic mass is 16.5. The second-order valence-electron chi connectivity index (χ2n) is 3.61. The summed E-state index contributed by atoms with van der Waals surface area (Å²) < 4.78 is 4.94. The molecule has 0 aromatic heterocycles. The molecule has 2 nitrogen and oxygen atoms in total. The van der Waals surface area contributed by atoms with Gasteiger partial charge in [-0.3, -0.25) is 0 Å². The van der Waals surface area contributed by atoms with Gasteiger partial charge in [0.15, 0.2) is 0 Å². The van der Waals surface area contributed by atoms with Crippen LogP contribution in [0.1, 0.15) is 33.1 Å². The molecule has 1 heterocycles. The molecular formula is C10H23NO. The molecule has 0 radical (unpaired) electrons. The Balaban J connectivity index is 0.000000211. The van der Waals surface area contributed by atoms with Crippen molar-refractivity contribution in [2.75, 3.05) is 26.8 Å². The van der Waals surface area contributed by atoms with Crippen molar-refractivity contribution in [2.45, 2.75) is 33.1 Å². The first kappa shape index (κ1) is 11.9. The Hall–Kier alpha value is -0.0800. The second-order valence-corrected chi connectivity index (χ2v) is 3.61. The second kappa shape index (κ2) is 9.01. The molecule has 1 saturated heterocycles. The van der Waals surface area contributed by atoms with E-state index in [1.807, 2.05) is 7.05 Å². The summed E-state index contributed by atoms with van der Waals surface area (Å²) in [4.78, 5) is 0. The Morgan fingerprint density at radius 2 is 1.83 bits per heavy atom. The van der Waals surface area contributed by atoms with E-state index in [1.165, 1.54) is 19.3 Å². The fourth-order valence-electron chi connectivity index (χ4n) is 0.943. The fraction of sp³-hybridized carbons (Fsp3) is 1.00. The Morgan fingerprint density at radius 1 is 1.25 bits per heavy atom. The highest BCUT2D eigenvalue weighted by Crippen LogP contribution is 1.98. The molecule has 0 bridgehead atoms. The molecule has 1 fully saturated rings. The van der Waals surface area contributed by atoms with Crippen molar-refractivity contribution in [2.24, 2.45) is 5.92 Å². The minimum Gasteiger partial charge on any atom is -0.381 e. The van der Waals surface area contributed by atoms with Crippen LogP contribution < -0.4 is 5.32 Å². The molecule has 0 saturated carbocycles. The van der Waals surface area contributed by atoms with Crippen molar-refractivity contribution >= 4 is 0 Å². The van der Waals surface area contributed by atoms with Crippen LogP contribution in [0, 0.1) is 5.92 Å². The molecular weight excluding hydrogens is 150 g/mol. The number of hydrogen-bond donors (Lipinski definition) is 1. The van der Waals surface area contributed by atoms with Crippen molar-refractivity contribution in [3.8, 4) is 0 Å². The Bertz CT molecular complexity index is 72.3. The van der Waals surface area contributed by atoms with E-state index >= 15 is 0 Å². The lowest BCUT2D eigenvalue weighted by molar-refractivity contribution is 0.198. The Kier molecular flexibility index (Phi) is 8.95. The van der Waals surface area contributed by atoms with Gasteiger partial charge in [0.25, 0.3) is 0 Å². The van der Waals surface area contributed by atoms with E-state index in [1.54, 1.807) is 0 Å². The predicted molar refractivity (Wildman–Crippen MR) is 53.4 cm³/mol. The lowest BCUT2D eigenvalue weighted by atomic mass is 10.1. The fourth-order valence-corrected chi connectivity index (χ4v) is 0.943. The van der Waals surface area contributed by atoms with Crippen LogP contribution >= 0.6 is 0 Å². The number of hydrogen-bond acceptors (Lipinski definition) is 2. The van der Waals surface area contributed by atoms with Crippen LogP contribution in [-0.4, -0.2) is 26.8 Å². The SMILES string of the molecule is C1CCOC1.CNCCC(C)C. The van der Waals surface area contributed by atoms with Crippen molar-refractivity contribution in [1.29, 1.82) is 0 Å². The summed E-state index contributed by atoms with van der Waals surface area (Å²) in [5.41, 5.74) is 0. The van der Waals surface area contributed by atoms with Crippen LogP contribution in [0.4, 0.5) is 0 Å². The van der Waals surface area contributed by atoms with Crippen LogP contribution in [-0.2, 0) is 4.74 Å². The maximum atomic E-state index is 4.94. The van der Waals surface area contributed by atoms with E-state index in [0.29, 0.717) is 0 Å². The monoisotopic (exact) mass is 173 g/mol. The summed E-state index contributed by atoms with van der Waals surface area (Å²) in [6.07, 6.45) is 3.84. The average Bonchev–Trinajstić information content (AvgIpc) is 2.57. The molecule has 74 valence electrons. The van der Waals surface area contributed by atoms with Crippen LogP contribution in [0.2, 0.25) is 0 Å². The van der Waals surface area contributed by atoms with Gasteiger partial charge < -0.3 is 10.1 Å². The van der Waals surface area contributed by atoms with E-state index in [-0.39, 0.29) is 0 Å². The molecule has 1 aliphatic rings. The van der Waals surface area contributed by atoms with E-state index in [9.17, 15) is 0 Å². The molecule has 0 aromatic carbocycles. The largest absolute Gasteiger partial charge is 0.381 e. The van der Waals surface area contributed by atoms with Gasteiger partial charge in [-0.1, -0.05) is 13.8 Å². The van der Waals surface area contributed by atoms with Gasteiger partial charge in [-0.05, 0) is 38.8 Å². The predicted octanol–water partition coefficient (Wildman–Crippen LogP) is 2.05. The van der Waals surface area contributed by atoms with Crippen LogP contribution in [0.25, 0.3) is 0 Å². The maximum Gasteiger partial charge on any atom is 0.0466 e. The van der Waals surface area contributed by atoms with Gasteiger partial charge in [0.05, 0.1) is 0 Å². The lowest BCUT2D eigenvalue weighted by Crippen LogP contribution is -2.09. The topological polar surface area (TPSA) is 21.3 Å². The first-order valence-corrected chi connectivity index (χ1v) is 4.99. The van der Waals surface area contributed by atoms with Gasteiger partial charge in [-0.25, -0.2) is 0 Å². The van der Waals surface area contributed by atoms with Crippen molar-refractivity contribution in [3.05, 3.63) is 0 Å². The summed E-state index contributed by atoms with van der Waals surface area (Å²) in [5.74, 6) is 0.840. The number of ether oxygens (including phenoxy) is 1. The maximum absolute atomic E-state index is 4.94. The molecule has 0 spiro atoms. The quantitative estimate of drug-likeness (QED) is 0.705. The smallest absolute Gasteiger partial charge is 0.0466 e. The standard InChI is InChI=1S/C6H15N.C4H8O/c1-6(2)4-5-7-3;1-2-4-5-3-1/h6-7H,4-5H2,1-3H3;1-4H2. The van der Waals surface area contributed by atoms with Gasteiger partial charge in [-0.2, -0.15) is 0 Å². The molecule has 1 aliphatic heterocycles. The highest BCUT2D eigenvalue weighted by molar-refractivity contribution is 4.45. The summed E-state index contributed by atoms with van der Waals surface area (Å²) in [5, 5.41) is 3.10. The van der Waals surface area contributed by atoms with E-state index in [0.717, 1.165) is 25.7 Å². The summed E-state index contributed by atoms with van der Waals surface area (Å²) in [7, 11) is 1.99. The molecule has 1 N–H and O–H groups in total. The Labute approximate surface area is 76.7 Å². The van der Waals surface area contributed by atoms with Crippen molar-refractivity contribution in [3.63, 3.8) is 0 Å². The third-order valence-corrected chi connectivity index (χ3v) is 1.80. The first-order valence-electron chi connectivity index (χ1n) is 4.99. The Morgan fingerprint density at radius 3 is 2.00 bits per heavy atom. The summed E-state index contributed by atoms with van der Waals surface area (Å²) in [6, 6.07) is 0. The molecule has 0 atom stereocenters. The minimum atomic E-state index is 0.840. The van der Waals surface area contributed by atoms with Gasteiger partial charge in [0.2, 0.25) is 0 Å². The molecule has 2 heteroatoms. The molecule has 0 amide bonds. The minimum absolute atomic E-state index is 0.840. The average molecular weight is 173 g/mol. The van der Waals surface area contributed by atoms with Gasteiger partial charge >= 0.3 is 0 Å². The zero-order valence-electron chi connectivity index (χ0n) is 8.73. The first-order chi connectivity index (χ1) is 5.77. The zero-order valence-corrected chi connectivity index (χ0v) is 8.73. The molecule has 0 unspecified atom stereocenters. The van der Waals surface area contributed by atoms with Crippen molar-refractivity contribution < 1.29 is 4.74 Å². The summed E-state index contributed by atoms with van der Waals surface area (Å²) in [6.45, 7) is 7.62. The third kappa shape index (κ3) is 9.92. The van der Waals surface area contributed by atoms with E-state index in [4.69, 9.17) is 4.74 Å². The van der Waals surface area contributed by atoms with Crippen LogP contribution in [0.15, 0.2) is 0 Å². The molecule has 0 aliphatic carbocycles. The molecule has 1 rings (SSSR count). The van der Waals surface area contributed by atoms with Crippen LogP contribution in [0.3, 0.4) is 0 Å². The lowest BCUT2D eigenvalue weighted by Gasteiger charge is -2.00. The number of rotatable bonds is 3. The van der Waals surface area contributed by atoms with E-state index in [2.05, 4.69) is 19.2 Å². The summed E-state index contributed by atoms with van der Waals surface area (Å²) >= 11 is 0. The molecule has 12 heavy (non-hydrogen) atoms. The van der Waals surface area contributed by atoms with E-state index < -0.39 is 0 Å². The van der Waals surface area contributed by atoms with Crippen LogP contribution in [0.5, 0.6) is 0 Å². The van der Waals surface area contributed by atoms with Crippen molar-refractivity contribution in [1.82, 2.24) is 5.32 Å².